The number of hydrogen-bond acceptors (Lipinski definition) is 6. The Morgan fingerprint density at radius 3 is 2.71 bits per heavy atom. The third-order valence-electron chi connectivity index (χ3n) is 4.10. The molecule has 0 radical (unpaired) electrons. The van der Waals surface area contributed by atoms with Crippen LogP contribution < -0.4 is 5.32 Å². The predicted octanol–water partition coefficient (Wildman–Crippen LogP) is -1.24. The highest BCUT2D eigenvalue weighted by Gasteiger charge is 2.33. The molecule has 1 unspecified atom stereocenters. The molecule has 0 bridgehead atoms. The van der Waals surface area contributed by atoms with E-state index in [1.807, 2.05) is 0 Å². The number of carbonyl (C=O) groups excluding carboxylic acids is 1. The van der Waals surface area contributed by atoms with E-state index in [1.54, 1.807) is 7.05 Å². The number of carbonyl (C=O) groups is 1. The van der Waals surface area contributed by atoms with Crippen LogP contribution in [0.15, 0.2) is 0 Å². The van der Waals surface area contributed by atoms with E-state index >= 15 is 0 Å². The van der Waals surface area contributed by atoms with E-state index in [9.17, 15) is 18.3 Å². The molecule has 0 aromatic carbocycles. The van der Waals surface area contributed by atoms with Gasteiger partial charge >= 0.3 is 0 Å². The van der Waals surface area contributed by atoms with Crippen molar-refractivity contribution in [3.63, 3.8) is 0 Å². The molecule has 2 fully saturated rings. The third-order valence-corrected chi connectivity index (χ3v) is 5.84. The van der Waals surface area contributed by atoms with E-state index in [0.29, 0.717) is 32.6 Å². The second kappa shape index (κ2) is 6.60. The van der Waals surface area contributed by atoms with Crippen molar-refractivity contribution >= 4 is 15.7 Å². The van der Waals surface area contributed by atoms with Gasteiger partial charge in [0.2, 0.25) is 5.91 Å². The fourth-order valence-electron chi connectivity index (χ4n) is 2.80. The van der Waals surface area contributed by atoms with E-state index in [1.165, 1.54) is 4.90 Å². The van der Waals surface area contributed by atoms with Crippen LogP contribution in [0, 0.1) is 0 Å². The summed E-state index contributed by atoms with van der Waals surface area (Å²) in [5, 5.41) is 13.5. The second-order valence-electron chi connectivity index (χ2n) is 6.06. The fraction of sp³-hybridized carbons (Fsp3) is 0.923. The van der Waals surface area contributed by atoms with Crippen LogP contribution in [0.2, 0.25) is 0 Å². The average Bonchev–Trinajstić information content (AvgIpc) is 2.37. The Labute approximate surface area is 125 Å². The van der Waals surface area contributed by atoms with E-state index in [2.05, 4.69) is 5.32 Å². The standard InChI is InChI=1S/C13H24N2O5S/c1-15(10-13(17)2-5-20-6-3-13)12(16)8-11-9-21(18,19)7-4-14-11/h11,14,17H,2-10H2,1H3. The van der Waals surface area contributed by atoms with Crippen molar-refractivity contribution in [3.8, 4) is 0 Å². The van der Waals surface area contributed by atoms with Gasteiger partial charge in [0, 0.05) is 58.7 Å². The summed E-state index contributed by atoms with van der Waals surface area (Å²) in [5.41, 5.74) is -0.894. The van der Waals surface area contributed by atoms with E-state index < -0.39 is 15.4 Å². The number of aliphatic hydroxyl groups is 1. The Morgan fingerprint density at radius 1 is 1.43 bits per heavy atom. The van der Waals surface area contributed by atoms with Gasteiger partial charge < -0.3 is 20.1 Å². The SMILES string of the molecule is CN(CC1(O)CCOCC1)C(=O)CC1CS(=O)(=O)CCN1. The number of rotatable bonds is 4. The van der Waals surface area contributed by atoms with Crippen molar-refractivity contribution < 1.29 is 23.1 Å². The molecule has 2 saturated heterocycles. The molecule has 0 aromatic rings. The summed E-state index contributed by atoms with van der Waals surface area (Å²) in [6.45, 7) is 1.65. The lowest BCUT2D eigenvalue weighted by Gasteiger charge is -2.36. The molecular weight excluding hydrogens is 296 g/mol. The zero-order chi connectivity index (χ0) is 15.5. The minimum Gasteiger partial charge on any atom is -0.388 e. The van der Waals surface area contributed by atoms with Crippen LogP contribution in [-0.4, -0.2) is 80.8 Å². The van der Waals surface area contributed by atoms with Crippen LogP contribution in [0.5, 0.6) is 0 Å². The maximum Gasteiger partial charge on any atom is 0.224 e. The minimum atomic E-state index is -3.04. The molecule has 0 saturated carbocycles. The van der Waals surface area contributed by atoms with Gasteiger partial charge in [0.15, 0.2) is 9.84 Å². The van der Waals surface area contributed by atoms with Crippen molar-refractivity contribution in [2.24, 2.45) is 0 Å². The molecule has 122 valence electrons. The molecule has 2 aliphatic rings. The first-order valence-electron chi connectivity index (χ1n) is 7.28. The summed E-state index contributed by atoms with van der Waals surface area (Å²) in [6, 6.07) is -0.331. The minimum absolute atomic E-state index is 0.00465. The summed E-state index contributed by atoms with van der Waals surface area (Å²) in [4.78, 5) is 13.7. The van der Waals surface area contributed by atoms with Gasteiger partial charge in [-0.2, -0.15) is 0 Å². The van der Waals surface area contributed by atoms with Crippen LogP contribution in [0.3, 0.4) is 0 Å². The number of nitrogens with zero attached hydrogens (tertiary/aromatic N) is 1. The Kier molecular flexibility index (Phi) is 5.24. The van der Waals surface area contributed by atoms with Gasteiger partial charge in [-0.3, -0.25) is 4.79 Å². The van der Waals surface area contributed by atoms with Gasteiger partial charge in [-0.15, -0.1) is 0 Å². The Bertz CT molecular complexity index is 473. The topological polar surface area (TPSA) is 95.9 Å². The zero-order valence-electron chi connectivity index (χ0n) is 12.4. The number of sulfone groups is 1. The number of nitrogens with one attached hydrogen (secondary N) is 1. The first kappa shape index (κ1) is 16.7. The van der Waals surface area contributed by atoms with Crippen LogP contribution in [-0.2, 0) is 19.4 Å². The second-order valence-corrected chi connectivity index (χ2v) is 8.28. The van der Waals surface area contributed by atoms with Crippen LogP contribution in [0.4, 0.5) is 0 Å². The lowest BCUT2D eigenvalue weighted by Crippen LogP contribution is -2.50. The molecule has 0 spiro atoms. The molecular formula is C13H24N2O5S. The number of amides is 1. The van der Waals surface area contributed by atoms with Gasteiger partial charge in [0.25, 0.3) is 0 Å². The van der Waals surface area contributed by atoms with Gasteiger partial charge in [0.1, 0.15) is 0 Å². The smallest absolute Gasteiger partial charge is 0.224 e. The van der Waals surface area contributed by atoms with Crippen LogP contribution in [0.25, 0.3) is 0 Å². The van der Waals surface area contributed by atoms with Crippen molar-refractivity contribution in [1.82, 2.24) is 10.2 Å². The van der Waals surface area contributed by atoms with Gasteiger partial charge in [0.05, 0.1) is 17.1 Å². The molecule has 7 nitrogen and oxygen atoms in total. The number of hydrogen-bond donors (Lipinski definition) is 2. The van der Waals surface area contributed by atoms with Gasteiger partial charge in [-0.1, -0.05) is 0 Å². The number of likely N-dealkylation sites (N-methyl/N-ethyl adjacent to an activating group) is 1. The summed E-state index contributed by atoms with van der Waals surface area (Å²) in [5.74, 6) is -0.0117. The van der Waals surface area contributed by atoms with E-state index in [4.69, 9.17) is 4.74 Å². The molecule has 8 heteroatoms. The lowest BCUT2D eigenvalue weighted by atomic mass is 9.94. The predicted molar refractivity (Wildman–Crippen MR) is 77.7 cm³/mol. The van der Waals surface area contributed by atoms with Crippen LogP contribution in [0.1, 0.15) is 19.3 Å². The molecule has 2 heterocycles. The van der Waals surface area contributed by atoms with Crippen LogP contribution >= 0.6 is 0 Å². The molecule has 2 aliphatic heterocycles. The summed E-state index contributed by atoms with van der Waals surface area (Å²) < 4.78 is 28.3. The molecule has 0 aliphatic carbocycles. The molecule has 2 N–H and O–H groups in total. The van der Waals surface area contributed by atoms with Crippen molar-refractivity contribution in [3.05, 3.63) is 0 Å². The van der Waals surface area contributed by atoms with Crippen molar-refractivity contribution in [1.29, 1.82) is 0 Å². The largest absolute Gasteiger partial charge is 0.388 e. The maximum absolute atomic E-state index is 12.2. The highest BCUT2D eigenvalue weighted by atomic mass is 32.2. The highest BCUT2D eigenvalue weighted by Crippen LogP contribution is 2.21. The molecule has 2 rings (SSSR count). The molecule has 1 atom stereocenters. The van der Waals surface area contributed by atoms with E-state index in [-0.39, 0.29) is 36.4 Å². The highest BCUT2D eigenvalue weighted by molar-refractivity contribution is 7.91. The normalized spacial score (nSPS) is 28.0. The summed E-state index contributed by atoms with van der Waals surface area (Å²) in [7, 11) is -1.40. The molecule has 21 heavy (non-hydrogen) atoms. The Morgan fingerprint density at radius 2 is 2.10 bits per heavy atom. The monoisotopic (exact) mass is 320 g/mol. The van der Waals surface area contributed by atoms with Crippen molar-refractivity contribution in [2.75, 3.05) is 44.9 Å². The fourth-order valence-corrected chi connectivity index (χ4v) is 4.25. The Balaban J connectivity index is 1.84. The maximum atomic E-state index is 12.2. The zero-order valence-corrected chi connectivity index (χ0v) is 13.2. The quantitative estimate of drug-likeness (QED) is 0.673. The van der Waals surface area contributed by atoms with Gasteiger partial charge in [-0.25, -0.2) is 8.42 Å². The lowest BCUT2D eigenvalue weighted by molar-refractivity contribution is -0.137. The van der Waals surface area contributed by atoms with Gasteiger partial charge in [-0.05, 0) is 0 Å². The van der Waals surface area contributed by atoms with Crippen molar-refractivity contribution in [2.45, 2.75) is 30.9 Å². The summed E-state index contributed by atoms with van der Waals surface area (Å²) >= 11 is 0. The third kappa shape index (κ3) is 4.91. The number of ether oxygens (including phenoxy) is 1. The molecule has 0 aromatic heterocycles. The first-order valence-corrected chi connectivity index (χ1v) is 9.10. The summed E-state index contributed by atoms with van der Waals surface area (Å²) in [6.07, 6.45) is 1.17. The first-order chi connectivity index (χ1) is 9.80. The molecule has 1 amide bonds. The van der Waals surface area contributed by atoms with E-state index in [0.717, 1.165) is 0 Å². The Hall–Kier alpha value is -0.700. The average molecular weight is 320 g/mol.